The molecule has 1 rings (SSSR count). The number of aromatic nitrogens is 2. The van der Waals surface area contributed by atoms with Gasteiger partial charge < -0.3 is 0 Å². The quantitative estimate of drug-likeness (QED) is 0.585. The summed E-state index contributed by atoms with van der Waals surface area (Å²) < 4.78 is 0. The molecule has 0 aliphatic heterocycles. The summed E-state index contributed by atoms with van der Waals surface area (Å²) in [7, 11) is 0. The van der Waals surface area contributed by atoms with E-state index in [0.717, 1.165) is 11.4 Å². The van der Waals surface area contributed by atoms with Crippen LogP contribution in [-0.2, 0) is 0 Å². The van der Waals surface area contributed by atoms with Gasteiger partial charge in [0.25, 0.3) is 0 Å². The summed E-state index contributed by atoms with van der Waals surface area (Å²) in [6, 6.07) is 0. The third-order valence-corrected chi connectivity index (χ3v) is 1.11. The molecule has 0 aromatic carbocycles. The SMILES string of the molecule is C/C=C/c1cncc(C)n1. The van der Waals surface area contributed by atoms with Crippen LogP contribution in [-0.4, -0.2) is 9.97 Å². The minimum atomic E-state index is 0.919. The highest BCUT2D eigenvalue weighted by Gasteiger charge is 1.87. The molecule has 2 nitrogen and oxygen atoms in total. The van der Waals surface area contributed by atoms with Crippen LogP contribution in [0.3, 0.4) is 0 Å². The summed E-state index contributed by atoms with van der Waals surface area (Å²) in [6.45, 7) is 3.89. The van der Waals surface area contributed by atoms with Crippen molar-refractivity contribution in [1.29, 1.82) is 0 Å². The minimum Gasteiger partial charge on any atom is -0.261 e. The maximum absolute atomic E-state index is 4.21. The minimum absolute atomic E-state index is 0.919. The van der Waals surface area contributed by atoms with E-state index in [1.807, 2.05) is 26.0 Å². The molecule has 0 fully saturated rings. The average Bonchev–Trinajstić information content (AvgIpc) is 1.88. The van der Waals surface area contributed by atoms with Gasteiger partial charge in [-0.25, -0.2) is 0 Å². The van der Waals surface area contributed by atoms with Gasteiger partial charge in [0.2, 0.25) is 0 Å². The van der Waals surface area contributed by atoms with E-state index < -0.39 is 0 Å². The highest BCUT2D eigenvalue weighted by atomic mass is 14.8. The predicted octanol–water partition coefficient (Wildman–Crippen LogP) is 1.82. The fourth-order valence-electron chi connectivity index (χ4n) is 0.734. The van der Waals surface area contributed by atoms with Crippen LogP contribution in [0.5, 0.6) is 0 Å². The molecule has 2 heteroatoms. The molecular weight excluding hydrogens is 124 g/mol. The number of hydrogen-bond acceptors (Lipinski definition) is 2. The Bertz CT molecular complexity index is 241. The number of allylic oxidation sites excluding steroid dienone is 1. The molecule has 0 bridgehead atoms. The van der Waals surface area contributed by atoms with Gasteiger partial charge in [-0.15, -0.1) is 0 Å². The molecule has 0 aliphatic carbocycles. The summed E-state index contributed by atoms with van der Waals surface area (Å²) in [5.41, 5.74) is 1.87. The lowest BCUT2D eigenvalue weighted by atomic mass is 10.4. The Balaban J connectivity index is 2.95. The van der Waals surface area contributed by atoms with E-state index in [4.69, 9.17) is 0 Å². The second kappa shape index (κ2) is 3.11. The van der Waals surface area contributed by atoms with Gasteiger partial charge in [-0.2, -0.15) is 0 Å². The van der Waals surface area contributed by atoms with E-state index in [-0.39, 0.29) is 0 Å². The predicted molar refractivity (Wildman–Crippen MR) is 41.5 cm³/mol. The molecule has 0 saturated carbocycles. The maximum Gasteiger partial charge on any atom is 0.0812 e. The Morgan fingerprint density at radius 1 is 1.40 bits per heavy atom. The van der Waals surface area contributed by atoms with Crippen molar-refractivity contribution in [2.24, 2.45) is 0 Å². The van der Waals surface area contributed by atoms with E-state index >= 15 is 0 Å². The molecule has 10 heavy (non-hydrogen) atoms. The van der Waals surface area contributed by atoms with E-state index in [1.54, 1.807) is 12.4 Å². The van der Waals surface area contributed by atoms with Gasteiger partial charge in [0.05, 0.1) is 17.6 Å². The van der Waals surface area contributed by atoms with Crippen LogP contribution < -0.4 is 0 Å². The van der Waals surface area contributed by atoms with Crippen LogP contribution >= 0.6 is 0 Å². The molecule has 1 aromatic rings. The number of nitrogens with zero attached hydrogens (tertiary/aromatic N) is 2. The molecule has 0 radical (unpaired) electrons. The van der Waals surface area contributed by atoms with Crippen LogP contribution in [0.4, 0.5) is 0 Å². The molecular formula is C8H10N2. The first-order valence-electron chi connectivity index (χ1n) is 3.24. The Hall–Kier alpha value is -1.18. The highest BCUT2D eigenvalue weighted by molar-refractivity contribution is 5.42. The van der Waals surface area contributed by atoms with Crippen molar-refractivity contribution in [3.05, 3.63) is 29.9 Å². The molecule has 1 aromatic heterocycles. The third-order valence-electron chi connectivity index (χ3n) is 1.11. The Morgan fingerprint density at radius 3 is 2.80 bits per heavy atom. The standard InChI is InChI=1S/C8H10N2/c1-3-4-8-6-9-5-7(2)10-8/h3-6H,1-2H3/b4-3+. The van der Waals surface area contributed by atoms with E-state index in [9.17, 15) is 0 Å². The van der Waals surface area contributed by atoms with Gasteiger partial charge in [0, 0.05) is 6.20 Å². The third kappa shape index (κ3) is 1.65. The summed E-state index contributed by atoms with van der Waals surface area (Å²) in [6.07, 6.45) is 7.36. The molecule has 52 valence electrons. The fourth-order valence-corrected chi connectivity index (χ4v) is 0.734. The second-order valence-electron chi connectivity index (χ2n) is 2.09. The van der Waals surface area contributed by atoms with Crippen molar-refractivity contribution in [2.45, 2.75) is 13.8 Å². The van der Waals surface area contributed by atoms with Gasteiger partial charge in [-0.3, -0.25) is 9.97 Å². The first-order chi connectivity index (χ1) is 4.83. The van der Waals surface area contributed by atoms with Gasteiger partial charge in [-0.1, -0.05) is 6.08 Å². The molecule has 1 heterocycles. The monoisotopic (exact) mass is 134 g/mol. The van der Waals surface area contributed by atoms with E-state index in [1.165, 1.54) is 0 Å². The Kier molecular flexibility index (Phi) is 2.15. The molecule has 0 unspecified atom stereocenters. The van der Waals surface area contributed by atoms with Gasteiger partial charge in [0.15, 0.2) is 0 Å². The zero-order chi connectivity index (χ0) is 7.40. The average molecular weight is 134 g/mol. The van der Waals surface area contributed by atoms with Gasteiger partial charge in [-0.05, 0) is 19.9 Å². The molecule has 0 N–H and O–H groups in total. The first-order valence-corrected chi connectivity index (χ1v) is 3.24. The lowest BCUT2D eigenvalue weighted by molar-refractivity contribution is 1.10. The smallest absolute Gasteiger partial charge is 0.0812 e. The molecule has 0 saturated heterocycles. The number of rotatable bonds is 1. The van der Waals surface area contributed by atoms with Crippen LogP contribution in [0.2, 0.25) is 0 Å². The number of aryl methyl sites for hydroxylation is 1. The van der Waals surface area contributed by atoms with Crippen molar-refractivity contribution >= 4 is 6.08 Å². The lowest BCUT2D eigenvalue weighted by Gasteiger charge is -1.91. The second-order valence-corrected chi connectivity index (χ2v) is 2.09. The topological polar surface area (TPSA) is 25.8 Å². The highest BCUT2D eigenvalue weighted by Crippen LogP contribution is 1.96. The summed E-state index contributed by atoms with van der Waals surface area (Å²) in [5, 5.41) is 0. The van der Waals surface area contributed by atoms with E-state index in [2.05, 4.69) is 9.97 Å². The van der Waals surface area contributed by atoms with Gasteiger partial charge >= 0.3 is 0 Å². The van der Waals surface area contributed by atoms with Crippen molar-refractivity contribution < 1.29 is 0 Å². The zero-order valence-electron chi connectivity index (χ0n) is 6.20. The van der Waals surface area contributed by atoms with Crippen LogP contribution in [0.15, 0.2) is 18.5 Å². The molecule has 0 atom stereocenters. The van der Waals surface area contributed by atoms with Crippen LogP contribution in [0.25, 0.3) is 6.08 Å². The van der Waals surface area contributed by atoms with Crippen LogP contribution in [0.1, 0.15) is 18.3 Å². The molecule has 0 amide bonds. The van der Waals surface area contributed by atoms with Crippen molar-refractivity contribution in [3.63, 3.8) is 0 Å². The van der Waals surface area contributed by atoms with Crippen molar-refractivity contribution in [3.8, 4) is 0 Å². The summed E-state index contributed by atoms with van der Waals surface area (Å²) >= 11 is 0. The largest absolute Gasteiger partial charge is 0.261 e. The van der Waals surface area contributed by atoms with Crippen LogP contribution in [0, 0.1) is 6.92 Å². The van der Waals surface area contributed by atoms with E-state index in [0.29, 0.717) is 0 Å². The fraction of sp³-hybridized carbons (Fsp3) is 0.250. The maximum atomic E-state index is 4.21. The van der Waals surface area contributed by atoms with Crippen molar-refractivity contribution in [1.82, 2.24) is 9.97 Å². The Morgan fingerprint density at radius 2 is 2.20 bits per heavy atom. The molecule has 0 spiro atoms. The summed E-state index contributed by atoms with van der Waals surface area (Å²) in [4.78, 5) is 8.20. The zero-order valence-corrected chi connectivity index (χ0v) is 6.20. The lowest BCUT2D eigenvalue weighted by Crippen LogP contribution is -1.85. The number of hydrogen-bond donors (Lipinski definition) is 0. The first kappa shape index (κ1) is 6.93. The molecule has 0 aliphatic rings. The Labute approximate surface area is 60.6 Å². The summed E-state index contributed by atoms with van der Waals surface area (Å²) in [5.74, 6) is 0. The van der Waals surface area contributed by atoms with Gasteiger partial charge in [0.1, 0.15) is 0 Å². The normalized spacial score (nSPS) is 10.6. The van der Waals surface area contributed by atoms with Crippen molar-refractivity contribution in [2.75, 3.05) is 0 Å².